The van der Waals surface area contributed by atoms with E-state index in [1.807, 2.05) is 36.4 Å². The van der Waals surface area contributed by atoms with Crippen molar-refractivity contribution in [3.05, 3.63) is 107 Å². The molecular weight excluding hydrogens is 500 g/mol. The molecule has 1 amide bonds. The number of amidine groups is 1. The second-order valence-corrected chi connectivity index (χ2v) is 9.61. The summed E-state index contributed by atoms with van der Waals surface area (Å²) in [7, 11) is 3.24. The predicted molar refractivity (Wildman–Crippen MR) is 150 cm³/mol. The van der Waals surface area contributed by atoms with Crippen LogP contribution in [0.1, 0.15) is 21.5 Å². The number of hydrogen-bond donors (Lipinski definition) is 1. The van der Waals surface area contributed by atoms with Crippen LogP contribution in [0.2, 0.25) is 0 Å². The molecule has 0 saturated carbocycles. The molecule has 4 aromatic carbocycles. The van der Waals surface area contributed by atoms with Gasteiger partial charge >= 0.3 is 5.97 Å². The third-order valence-corrected chi connectivity index (χ3v) is 7.10. The van der Waals surface area contributed by atoms with Gasteiger partial charge in [-0.3, -0.25) is 9.69 Å². The topological polar surface area (TPSA) is 88.4 Å². The molecule has 1 aliphatic rings. The van der Waals surface area contributed by atoms with Crippen molar-refractivity contribution in [1.29, 1.82) is 0 Å². The van der Waals surface area contributed by atoms with Crippen molar-refractivity contribution in [1.82, 2.24) is 4.90 Å². The number of carboxylic acids is 1. The van der Waals surface area contributed by atoms with E-state index in [0.717, 1.165) is 16.5 Å². The van der Waals surface area contributed by atoms with Gasteiger partial charge in [-0.25, -0.2) is 9.79 Å². The number of amides is 1. The number of likely N-dealkylation sites (N-methyl/N-ethyl adjacent to an activating group) is 1. The first-order valence-corrected chi connectivity index (χ1v) is 12.6. The van der Waals surface area contributed by atoms with Crippen molar-refractivity contribution in [2.75, 3.05) is 14.2 Å². The molecule has 1 heterocycles. The number of carboxylic acid groups (broad SMARTS) is 1. The molecule has 0 radical (unpaired) electrons. The molecule has 0 aliphatic carbocycles. The highest BCUT2D eigenvalue weighted by Crippen LogP contribution is 2.35. The number of aromatic carboxylic acids is 1. The maximum absolute atomic E-state index is 12.8. The molecule has 190 valence electrons. The number of methoxy groups -OCH3 is 1. The summed E-state index contributed by atoms with van der Waals surface area (Å²) < 4.78 is 11.6. The third kappa shape index (κ3) is 5.40. The average molecular weight is 525 g/mol. The fourth-order valence-corrected chi connectivity index (χ4v) is 4.96. The number of benzene rings is 4. The van der Waals surface area contributed by atoms with Gasteiger partial charge in [-0.15, -0.1) is 0 Å². The average Bonchev–Trinajstić information content (AvgIpc) is 3.19. The fourth-order valence-electron chi connectivity index (χ4n) is 3.97. The summed E-state index contributed by atoms with van der Waals surface area (Å²) in [5, 5.41) is 11.9. The first-order chi connectivity index (χ1) is 18.4. The van der Waals surface area contributed by atoms with E-state index >= 15 is 0 Å². The smallest absolute Gasteiger partial charge is 0.335 e. The SMILES string of the molecule is COc1cc(C=C2SC(=Nc3ccc(C(=O)O)cc3)N(C)C2=O)ccc1OCc1ccc2ccccc2c1. The second-order valence-electron chi connectivity index (χ2n) is 8.60. The fraction of sp³-hybridized carbons (Fsp3) is 0.100. The molecule has 8 heteroatoms. The van der Waals surface area contributed by atoms with Crippen LogP contribution in [0.4, 0.5) is 5.69 Å². The Kier molecular flexibility index (Phi) is 7.15. The lowest BCUT2D eigenvalue weighted by atomic mass is 10.1. The van der Waals surface area contributed by atoms with E-state index in [-0.39, 0.29) is 11.5 Å². The molecule has 1 fully saturated rings. The highest BCUT2D eigenvalue weighted by molar-refractivity contribution is 8.18. The number of nitrogens with zero attached hydrogens (tertiary/aromatic N) is 2. The summed E-state index contributed by atoms with van der Waals surface area (Å²) in [6.45, 7) is 0.397. The molecule has 0 bridgehead atoms. The van der Waals surface area contributed by atoms with E-state index in [1.54, 1.807) is 32.4 Å². The molecule has 4 aromatic rings. The van der Waals surface area contributed by atoms with Crippen molar-refractivity contribution in [2.24, 2.45) is 4.99 Å². The van der Waals surface area contributed by atoms with Gasteiger partial charge in [-0.05, 0) is 82.2 Å². The molecule has 1 saturated heterocycles. The van der Waals surface area contributed by atoms with Gasteiger partial charge in [0.05, 0.1) is 23.3 Å². The Morgan fingerprint density at radius 2 is 1.74 bits per heavy atom. The van der Waals surface area contributed by atoms with E-state index in [0.29, 0.717) is 33.9 Å². The minimum atomic E-state index is -1.00. The number of ether oxygens (including phenoxy) is 2. The maximum Gasteiger partial charge on any atom is 0.335 e. The van der Waals surface area contributed by atoms with Crippen molar-refractivity contribution in [3.8, 4) is 11.5 Å². The van der Waals surface area contributed by atoms with Gasteiger partial charge in [0.15, 0.2) is 16.7 Å². The van der Waals surface area contributed by atoms with Crippen LogP contribution in [-0.2, 0) is 11.4 Å². The Morgan fingerprint density at radius 1 is 0.974 bits per heavy atom. The number of rotatable bonds is 7. The van der Waals surface area contributed by atoms with Gasteiger partial charge < -0.3 is 14.6 Å². The summed E-state index contributed by atoms with van der Waals surface area (Å²) in [5.41, 5.74) is 2.58. The number of carbonyl (C=O) groups is 2. The van der Waals surface area contributed by atoms with Crippen LogP contribution < -0.4 is 9.47 Å². The zero-order valence-electron chi connectivity index (χ0n) is 20.8. The van der Waals surface area contributed by atoms with E-state index in [2.05, 4.69) is 29.3 Å². The summed E-state index contributed by atoms with van der Waals surface area (Å²) in [5.74, 6) is -0.00210. The van der Waals surface area contributed by atoms with Gasteiger partial charge in [0.25, 0.3) is 5.91 Å². The van der Waals surface area contributed by atoms with Gasteiger partial charge in [0.1, 0.15) is 6.61 Å². The predicted octanol–water partition coefficient (Wildman–Crippen LogP) is 6.36. The quantitative estimate of drug-likeness (QED) is 0.283. The van der Waals surface area contributed by atoms with Crippen LogP contribution in [0.5, 0.6) is 11.5 Å². The second kappa shape index (κ2) is 10.8. The number of aliphatic imine (C=N–C) groups is 1. The van der Waals surface area contributed by atoms with Crippen molar-refractivity contribution >= 4 is 51.3 Å². The van der Waals surface area contributed by atoms with Gasteiger partial charge in [0.2, 0.25) is 0 Å². The molecule has 0 aromatic heterocycles. The normalized spacial score (nSPS) is 15.4. The molecule has 0 atom stereocenters. The minimum Gasteiger partial charge on any atom is -0.493 e. The Hall–Kier alpha value is -4.56. The van der Waals surface area contributed by atoms with Gasteiger partial charge in [-0.2, -0.15) is 0 Å². The summed E-state index contributed by atoms with van der Waals surface area (Å²) in [6, 6.07) is 26.1. The monoisotopic (exact) mass is 524 g/mol. The lowest BCUT2D eigenvalue weighted by Crippen LogP contribution is -2.23. The largest absolute Gasteiger partial charge is 0.493 e. The molecule has 0 unspecified atom stereocenters. The van der Waals surface area contributed by atoms with E-state index in [9.17, 15) is 9.59 Å². The Bertz CT molecular complexity index is 1590. The summed E-state index contributed by atoms with van der Waals surface area (Å²) >= 11 is 1.25. The van der Waals surface area contributed by atoms with Gasteiger partial charge in [-0.1, -0.05) is 42.5 Å². The standard InChI is InChI=1S/C30H24N2O5S/c1-32-28(33)27(38-30(32)31-24-12-10-22(11-13-24)29(34)35)17-19-8-14-25(26(16-19)36-2)37-18-20-7-9-21-5-3-4-6-23(21)15-20/h3-17H,18H2,1-2H3,(H,34,35). The Labute approximate surface area is 224 Å². The van der Waals surface area contributed by atoms with Crippen LogP contribution in [-0.4, -0.2) is 41.2 Å². The molecular formula is C30H24N2O5S. The Morgan fingerprint density at radius 3 is 2.47 bits per heavy atom. The molecule has 5 rings (SSSR count). The van der Waals surface area contributed by atoms with Crippen LogP contribution in [0.25, 0.3) is 16.8 Å². The summed E-state index contributed by atoms with van der Waals surface area (Å²) in [6.07, 6.45) is 1.79. The molecule has 0 spiro atoms. The summed E-state index contributed by atoms with van der Waals surface area (Å²) in [4.78, 5) is 30.4. The Balaban J connectivity index is 1.31. The highest BCUT2D eigenvalue weighted by atomic mass is 32.2. The zero-order chi connectivity index (χ0) is 26.6. The number of carbonyl (C=O) groups excluding carboxylic acids is 1. The van der Waals surface area contributed by atoms with Crippen LogP contribution in [0.15, 0.2) is 94.8 Å². The molecule has 38 heavy (non-hydrogen) atoms. The van der Waals surface area contributed by atoms with E-state index < -0.39 is 5.97 Å². The van der Waals surface area contributed by atoms with Crippen LogP contribution >= 0.6 is 11.8 Å². The van der Waals surface area contributed by atoms with Crippen molar-refractivity contribution < 1.29 is 24.2 Å². The molecule has 1 aliphatic heterocycles. The lowest BCUT2D eigenvalue weighted by Gasteiger charge is -2.12. The minimum absolute atomic E-state index is 0.175. The zero-order valence-corrected chi connectivity index (χ0v) is 21.6. The van der Waals surface area contributed by atoms with Crippen LogP contribution in [0, 0.1) is 0 Å². The van der Waals surface area contributed by atoms with E-state index in [1.165, 1.54) is 34.2 Å². The maximum atomic E-state index is 12.8. The molecule has 1 N–H and O–H groups in total. The first-order valence-electron chi connectivity index (χ1n) is 11.8. The van der Waals surface area contributed by atoms with Gasteiger partial charge in [0, 0.05) is 7.05 Å². The van der Waals surface area contributed by atoms with Crippen molar-refractivity contribution in [3.63, 3.8) is 0 Å². The lowest BCUT2D eigenvalue weighted by molar-refractivity contribution is -0.121. The van der Waals surface area contributed by atoms with Crippen LogP contribution in [0.3, 0.4) is 0 Å². The van der Waals surface area contributed by atoms with Crippen molar-refractivity contribution in [2.45, 2.75) is 6.61 Å². The first kappa shape index (κ1) is 25.1. The highest BCUT2D eigenvalue weighted by Gasteiger charge is 2.30. The number of fused-ring (bicyclic) bond motifs is 1. The molecule has 7 nitrogen and oxygen atoms in total. The number of thioether (sulfide) groups is 1. The number of hydrogen-bond acceptors (Lipinski definition) is 6. The van der Waals surface area contributed by atoms with E-state index in [4.69, 9.17) is 14.6 Å². The third-order valence-electron chi connectivity index (χ3n) is 6.04.